The van der Waals surface area contributed by atoms with E-state index in [4.69, 9.17) is 9.47 Å². The first-order chi connectivity index (χ1) is 10.6. The van der Waals surface area contributed by atoms with E-state index in [1.807, 2.05) is 24.3 Å². The molecule has 2 unspecified atom stereocenters. The highest BCUT2D eigenvalue weighted by Gasteiger charge is 2.55. The number of methoxy groups -OCH3 is 2. The molecule has 0 fully saturated rings. The van der Waals surface area contributed by atoms with Gasteiger partial charge < -0.3 is 19.9 Å². The standard InChI is InChI=1S/C17H17NO4/c1-21-12-9-7-11(8-10-12)17(16(19)20)13-5-3-4-6-14(13)18-15(17)22-2/h3-10,15,18H,1-2H3,(H,19,20). The molecule has 1 heterocycles. The van der Waals surface area contributed by atoms with E-state index in [-0.39, 0.29) is 0 Å². The van der Waals surface area contributed by atoms with Crippen molar-refractivity contribution in [3.63, 3.8) is 0 Å². The van der Waals surface area contributed by atoms with Crippen molar-refractivity contribution in [2.75, 3.05) is 19.5 Å². The van der Waals surface area contributed by atoms with E-state index < -0.39 is 17.6 Å². The summed E-state index contributed by atoms with van der Waals surface area (Å²) >= 11 is 0. The number of rotatable bonds is 4. The summed E-state index contributed by atoms with van der Waals surface area (Å²) in [5.41, 5.74) is 0.814. The van der Waals surface area contributed by atoms with E-state index in [1.54, 1.807) is 31.4 Å². The monoisotopic (exact) mass is 299 g/mol. The van der Waals surface area contributed by atoms with Crippen molar-refractivity contribution >= 4 is 11.7 Å². The Labute approximate surface area is 128 Å². The molecule has 2 aromatic rings. The Hall–Kier alpha value is -2.53. The molecule has 3 rings (SSSR count). The van der Waals surface area contributed by atoms with Crippen LogP contribution in [-0.2, 0) is 14.9 Å². The first-order valence-electron chi connectivity index (χ1n) is 6.91. The van der Waals surface area contributed by atoms with Crippen LogP contribution in [0.4, 0.5) is 5.69 Å². The lowest BCUT2D eigenvalue weighted by Gasteiger charge is -2.31. The van der Waals surface area contributed by atoms with Crippen LogP contribution in [0, 0.1) is 0 Å². The van der Waals surface area contributed by atoms with E-state index in [2.05, 4.69) is 5.32 Å². The van der Waals surface area contributed by atoms with E-state index in [0.717, 1.165) is 5.69 Å². The fraction of sp³-hybridized carbons (Fsp3) is 0.235. The second-order valence-electron chi connectivity index (χ2n) is 5.15. The van der Waals surface area contributed by atoms with Crippen LogP contribution in [-0.4, -0.2) is 31.5 Å². The van der Waals surface area contributed by atoms with Crippen molar-refractivity contribution in [2.45, 2.75) is 11.6 Å². The normalized spacial score (nSPS) is 22.7. The summed E-state index contributed by atoms with van der Waals surface area (Å²) in [7, 11) is 3.08. The molecule has 0 saturated heterocycles. The number of nitrogens with one attached hydrogen (secondary N) is 1. The molecular weight excluding hydrogens is 282 g/mol. The molecule has 114 valence electrons. The van der Waals surface area contributed by atoms with Crippen molar-refractivity contribution in [2.24, 2.45) is 0 Å². The number of carboxylic acids is 1. The number of hydrogen-bond donors (Lipinski definition) is 2. The lowest BCUT2D eigenvalue weighted by molar-refractivity contribution is -0.146. The minimum Gasteiger partial charge on any atom is -0.497 e. The number of ether oxygens (including phenoxy) is 2. The average molecular weight is 299 g/mol. The third-order valence-electron chi connectivity index (χ3n) is 4.15. The number of para-hydroxylation sites is 1. The van der Waals surface area contributed by atoms with Crippen molar-refractivity contribution in [1.29, 1.82) is 0 Å². The maximum Gasteiger partial charge on any atom is 0.323 e. The zero-order valence-corrected chi connectivity index (χ0v) is 12.4. The summed E-state index contributed by atoms with van der Waals surface area (Å²) in [6.07, 6.45) is -0.684. The molecule has 0 aromatic heterocycles. The van der Waals surface area contributed by atoms with Crippen molar-refractivity contribution in [3.05, 3.63) is 59.7 Å². The molecule has 5 heteroatoms. The molecule has 0 saturated carbocycles. The Morgan fingerprint density at radius 2 is 1.82 bits per heavy atom. The largest absolute Gasteiger partial charge is 0.497 e. The highest BCUT2D eigenvalue weighted by atomic mass is 16.5. The van der Waals surface area contributed by atoms with Crippen molar-refractivity contribution in [1.82, 2.24) is 0 Å². The fourth-order valence-electron chi connectivity index (χ4n) is 3.09. The number of benzene rings is 2. The Kier molecular flexibility index (Phi) is 3.50. The molecule has 2 aromatic carbocycles. The molecule has 2 atom stereocenters. The van der Waals surface area contributed by atoms with E-state index >= 15 is 0 Å². The summed E-state index contributed by atoms with van der Waals surface area (Å²) in [5, 5.41) is 13.2. The number of hydrogen-bond acceptors (Lipinski definition) is 4. The van der Waals surface area contributed by atoms with Gasteiger partial charge in [-0.05, 0) is 23.8 Å². The highest BCUT2D eigenvalue weighted by Crippen LogP contribution is 2.46. The number of carboxylic acid groups (broad SMARTS) is 1. The van der Waals surface area contributed by atoms with E-state index in [1.165, 1.54) is 7.11 Å². The maximum atomic E-state index is 12.3. The van der Waals surface area contributed by atoms with Crippen molar-refractivity contribution in [3.8, 4) is 5.75 Å². The van der Waals surface area contributed by atoms with Gasteiger partial charge in [0.15, 0.2) is 11.6 Å². The quantitative estimate of drug-likeness (QED) is 0.907. The Morgan fingerprint density at radius 1 is 1.14 bits per heavy atom. The van der Waals surface area contributed by atoms with Gasteiger partial charge in [0.1, 0.15) is 5.75 Å². The van der Waals surface area contributed by atoms with Gasteiger partial charge in [0.2, 0.25) is 0 Å². The molecule has 0 radical (unpaired) electrons. The highest BCUT2D eigenvalue weighted by molar-refractivity contribution is 5.92. The van der Waals surface area contributed by atoms with Gasteiger partial charge in [0.25, 0.3) is 0 Å². The van der Waals surface area contributed by atoms with Crippen LogP contribution in [0.2, 0.25) is 0 Å². The minimum absolute atomic E-state index is 0.644. The molecule has 2 N–H and O–H groups in total. The molecule has 1 aliphatic heterocycles. The topological polar surface area (TPSA) is 67.8 Å². The second-order valence-corrected chi connectivity index (χ2v) is 5.15. The smallest absolute Gasteiger partial charge is 0.323 e. The molecule has 1 aliphatic rings. The Balaban J connectivity index is 2.24. The zero-order valence-electron chi connectivity index (χ0n) is 12.4. The van der Waals surface area contributed by atoms with Crippen LogP contribution >= 0.6 is 0 Å². The van der Waals surface area contributed by atoms with Gasteiger partial charge in [-0.2, -0.15) is 0 Å². The maximum absolute atomic E-state index is 12.3. The Bertz CT molecular complexity index is 698. The number of fused-ring (bicyclic) bond motifs is 1. The average Bonchev–Trinajstić information content (AvgIpc) is 2.90. The molecule has 0 amide bonds. The van der Waals surface area contributed by atoms with Crippen LogP contribution in [0.3, 0.4) is 0 Å². The van der Waals surface area contributed by atoms with Gasteiger partial charge >= 0.3 is 5.97 Å². The summed E-state index contributed by atoms with van der Waals surface area (Å²) in [5.74, 6) is -0.278. The number of carbonyl (C=O) groups is 1. The van der Waals surface area contributed by atoms with Gasteiger partial charge in [0, 0.05) is 18.4 Å². The number of aliphatic carboxylic acids is 1. The van der Waals surface area contributed by atoms with Crippen LogP contribution < -0.4 is 10.1 Å². The van der Waals surface area contributed by atoms with Crippen LogP contribution in [0.25, 0.3) is 0 Å². The molecular formula is C17H17NO4. The predicted molar refractivity (Wildman–Crippen MR) is 82.3 cm³/mol. The van der Waals surface area contributed by atoms with Gasteiger partial charge in [0.05, 0.1) is 7.11 Å². The molecule has 0 bridgehead atoms. The summed E-state index contributed by atoms with van der Waals surface area (Å²) < 4.78 is 10.6. The van der Waals surface area contributed by atoms with Gasteiger partial charge in [-0.15, -0.1) is 0 Å². The van der Waals surface area contributed by atoms with Crippen LogP contribution in [0.15, 0.2) is 48.5 Å². The molecule has 0 spiro atoms. The second kappa shape index (κ2) is 5.35. The third kappa shape index (κ3) is 1.86. The van der Waals surface area contributed by atoms with Crippen LogP contribution in [0.1, 0.15) is 11.1 Å². The van der Waals surface area contributed by atoms with E-state index in [9.17, 15) is 9.90 Å². The first kappa shape index (κ1) is 14.4. The summed E-state index contributed by atoms with van der Waals surface area (Å²) in [4.78, 5) is 12.3. The molecule has 0 aliphatic carbocycles. The first-order valence-corrected chi connectivity index (χ1v) is 6.91. The van der Waals surface area contributed by atoms with Crippen LogP contribution in [0.5, 0.6) is 5.75 Å². The molecule has 22 heavy (non-hydrogen) atoms. The summed E-state index contributed by atoms with van der Waals surface area (Å²) in [6, 6.07) is 14.4. The molecule has 5 nitrogen and oxygen atoms in total. The lowest BCUT2D eigenvalue weighted by Crippen LogP contribution is -2.47. The van der Waals surface area contributed by atoms with Crippen molar-refractivity contribution < 1.29 is 19.4 Å². The fourth-order valence-corrected chi connectivity index (χ4v) is 3.09. The minimum atomic E-state index is -1.29. The summed E-state index contributed by atoms with van der Waals surface area (Å²) in [6.45, 7) is 0. The lowest BCUT2D eigenvalue weighted by atomic mass is 9.74. The predicted octanol–water partition coefficient (Wildman–Crippen LogP) is 2.46. The third-order valence-corrected chi connectivity index (χ3v) is 4.15. The van der Waals surface area contributed by atoms with Gasteiger partial charge in [-0.25, -0.2) is 0 Å². The van der Waals surface area contributed by atoms with Gasteiger partial charge in [-0.3, -0.25) is 4.79 Å². The SMILES string of the molecule is COc1ccc(C2(C(=O)O)c3ccccc3NC2OC)cc1. The Morgan fingerprint density at radius 3 is 2.41 bits per heavy atom. The zero-order chi connectivity index (χ0) is 15.7. The van der Waals surface area contributed by atoms with Gasteiger partial charge in [-0.1, -0.05) is 30.3 Å². The van der Waals surface area contributed by atoms with E-state index in [0.29, 0.717) is 16.9 Å². The number of anilines is 1.